The van der Waals surface area contributed by atoms with Crippen LogP contribution >= 0.6 is 0 Å². The highest BCUT2D eigenvalue weighted by Gasteiger charge is 2.07. The quantitative estimate of drug-likeness (QED) is 0.898. The van der Waals surface area contributed by atoms with Crippen LogP contribution in [0.4, 0.5) is 4.39 Å². The van der Waals surface area contributed by atoms with E-state index in [-0.39, 0.29) is 18.1 Å². The third-order valence-electron chi connectivity index (χ3n) is 2.08. The molecular formula is C12H15FN4O. The van der Waals surface area contributed by atoms with Crippen molar-refractivity contribution in [3.05, 3.63) is 47.5 Å². The molecule has 0 bridgehead atoms. The van der Waals surface area contributed by atoms with Gasteiger partial charge in [0.2, 0.25) is 0 Å². The first kappa shape index (κ1) is 13.8. The molecule has 1 aromatic heterocycles. The number of amides is 1. The van der Waals surface area contributed by atoms with Gasteiger partial charge in [-0.3, -0.25) is 4.79 Å². The minimum Gasteiger partial charge on any atom is -0.364 e. The topological polar surface area (TPSA) is 73.8 Å². The molecule has 6 heteroatoms. The highest BCUT2D eigenvalue weighted by Crippen LogP contribution is 2.07. The van der Waals surface area contributed by atoms with Crippen LogP contribution in [0.1, 0.15) is 29.9 Å². The Kier molecular flexibility index (Phi) is 4.98. The van der Waals surface area contributed by atoms with E-state index in [9.17, 15) is 9.18 Å². The Balaban J connectivity index is 0.000000771. The number of hydrogen-bond donors (Lipinski definition) is 1. The van der Waals surface area contributed by atoms with E-state index in [0.29, 0.717) is 5.56 Å². The van der Waals surface area contributed by atoms with E-state index in [0.717, 1.165) is 0 Å². The lowest BCUT2D eigenvalue weighted by molar-refractivity contribution is 0.0995. The molecule has 2 N–H and O–H groups in total. The summed E-state index contributed by atoms with van der Waals surface area (Å²) in [5.74, 6) is -0.974. The number of carbonyl (C=O) groups is 1. The van der Waals surface area contributed by atoms with Crippen molar-refractivity contribution in [3.63, 3.8) is 0 Å². The van der Waals surface area contributed by atoms with Gasteiger partial charge in [0.05, 0.1) is 12.7 Å². The van der Waals surface area contributed by atoms with Gasteiger partial charge >= 0.3 is 0 Å². The number of halogens is 1. The van der Waals surface area contributed by atoms with Gasteiger partial charge in [-0.05, 0) is 6.07 Å². The SMILES string of the molecule is CC.NC(=O)c1cn(Cc2ccccc2F)nn1. The average Bonchev–Trinajstić information content (AvgIpc) is 2.83. The van der Waals surface area contributed by atoms with Crippen LogP contribution in [0.5, 0.6) is 0 Å². The number of carbonyl (C=O) groups excluding carboxylic acids is 1. The fourth-order valence-electron chi connectivity index (χ4n) is 1.29. The van der Waals surface area contributed by atoms with E-state index in [4.69, 9.17) is 5.73 Å². The number of hydrogen-bond acceptors (Lipinski definition) is 3. The highest BCUT2D eigenvalue weighted by molar-refractivity contribution is 5.90. The van der Waals surface area contributed by atoms with E-state index in [1.165, 1.54) is 16.9 Å². The standard InChI is InChI=1S/C10H9FN4O.C2H6/c11-8-4-2-1-3-7(8)5-15-6-9(10(12)16)13-14-15;1-2/h1-4,6H,5H2,(H2,12,16);1-2H3. The van der Waals surface area contributed by atoms with Gasteiger partial charge in [0, 0.05) is 5.56 Å². The van der Waals surface area contributed by atoms with Gasteiger partial charge in [0.15, 0.2) is 5.69 Å². The van der Waals surface area contributed by atoms with E-state index in [1.807, 2.05) is 13.8 Å². The number of nitrogens with two attached hydrogens (primary N) is 1. The summed E-state index contributed by atoms with van der Waals surface area (Å²) in [5, 5.41) is 7.23. The average molecular weight is 250 g/mol. The van der Waals surface area contributed by atoms with Gasteiger partial charge in [-0.2, -0.15) is 0 Å². The van der Waals surface area contributed by atoms with Crippen LogP contribution in [-0.4, -0.2) is 20.9 Å². The molecule has 0 aliphatic heterocycles. The van der Waals surface area contributed by atoms with Crippen LogP contribution in [0.25, 0.3) is 0 Å². The summed E-state index contributed by atoms with van der Waals surface area (Å²) < 4.78 is 14.6. The third kappa shape index (κ3) is 3.38. The molecule has 0 radical (unpaired) electrons. The monoisotopic (exact) mass is 250 g/mol. The minimum atomic E-state index is -0.653. The molecule has 0 aliphatic rings. The molecule has 2 aromatic rings. The molecule has 1 heterocycles. The van der Waals surface area contributed by atoms with Gasteiger partial charge in [0.25, 0.3) is 5.91 Å². The maximum absolute atomic E-state index is 13.3. The first-order valence-electron chi connectivity index (χ1n) is 5.60. The fraction of sp³-hybridized carbons (Fsp3) is 0.250. The van der Waals surface area contributed by atoms with Gasteiger partial charge in [0.1, 0.15) is 5.82 Å². The van der Waals surface area contributed by atoms with Crippen molar-refractivity contribution in [1.29, 1.82) is 0 Å². The van der Waals surface area contributed by atoms with Crippen molar-refractivity contribution < 1.29 is 9.18 Å². The van der Waals surface area contributed by atoms with Crippen LogP contribution < -0.4 is 5.73 Å². The zero-order chi connectivity index (χ0) is 13.5. The molecule has 18 heavy (non-hydrogen) atoms. The normalized spacial score (nSPS) is 9.50. The summed E-state index contributed by atoms with van der Waals surface area (Å²) in [6.07, 6.45) is 1.38. The van der Waals surface area contributed by atoms with Crippen molar-refractivity contribution >= 4 is 5.91 Å². The fourth-order valence-corrected chi connectivity index (χ4v) is 1.29. The summed E-state index contributed by atoms with van der Waals surface area (Å²) in [4.78, 5) is 10.8. The molecule has 0 saturated heterocycles. The molecule has 0 saturated carbocycles. The maximum Gasteiger partial charge on any atom is 0.270 e. The molecule has 96 valence electrons. The summed E-state index contributed by atoms with van der Waals surface area (Å²) in [7, 11) is 0. The zero-order valence-corrected chi connectivity index (χ0v) is 10.3. The van der Waals surface area contributed by atoms with E-state index < -0.39 is 5.91 Å². The van der Waals surface area contributed by atoms with Crippen LogP contribution in [-0.2, 0) is 6.54 Å². The summed E-state index contributed by atoms with van der Waals surface area (Å²) in [6.45, 7) is 4.22. The second-order valence-electron chi connectivity index (χ2n) is 3.26. The van der Waals surface area contributed by atoms with Crippen LogP contribution in [0.15, 0.2) is 30.5 Å². The van der Waals surface area contributed by atoms with E-state index in [2.05, 4.69) is 10.3 Å². The number of primary amides is 1. The number of aromatic nitrogens is 3. The lowest BCUT2D eigenvalue weighted by Gasteiger charge is -2.01. The van der Waals surface area contributed by atoms with Gasteiger partial charge in [-0.1, -0.05) is 37.3 Å². The molecule has 1 aromatic carbocycles. The number of benzene rings is 1. The summed E-state index contributed by atoms with van der Waals surface area (Å²) in [5.41, 5.74) is 5.56. The number of nitrogens with zero attached hydrogens (tertiary/aromatic N) is 3. The van der Waals surface area contributed by atoms with Crippen LogP contribution in [0, 0.1) is 5.82 Å². The Morgan fingerprint density at radius 2 is 2.06 bits per heavy atom. The molecule has 5 nitrogen and oxygen atoms in total. The smallest absolute Gasteiger partial charge is 0.270 e. The number of rotatable bonds is 3. The Hall–Kier alpha value is -2.24. The maximum atomic E-state index is 13.3. The van der Waals surface area contributed by atoms with Crippen LogP contribution in [0.3, 0.4) is 0 Å². The zero-order valence-electron chi connectivity index (χ0n) is 10.3. The molecule has 1 amide bonds. The Morgan fingerprint density at radius 3 is 2.61 bits per heavy atom. The van der Waals surface area contributed by atoms with Gasteiger partial charge in [-0.15, -0.1) is 5.10 Å². The minimum absolute atomic E-state index is 0.0661. The van der Waals surface area contributed by atoms with Crippen molar-refractivity contribution in [2.75, 3.05) is 0 Å². The second kappa shape index (κ2) is 6.48. The molecule has 0 unspecified atom stereocenters. The molecule has 2 rings (SSSR count). The van der Waals surface area contributed by atoms with Crippen molar-refractivity contribution in [2.45, 2.75) is 20.4 Å². The van der Waals surface area contributed by atoms with Crippen LogP contribution in [0.2, 0.25) is 0 Å². The summed E-state index contributed by atoms with van der Waals surface area (Å²) >= 11 is 0. The van der Waals surface area contributed by atoms with Crippen molar-refractivity contribution in [2.24, 2.45) is 5.73 Å². The predicted octanol–water partition coefficient (Wildman–Crippen LogP) is 1.59. The van der Waals surface area contributed by atoms with Crippen molar-refractivity contribution in [3.8, 4) is 0 Å². The second-order valence-corrected chi connectivity index (χ2v) is 3.26. The van der Waals surface area contributed by atoms with E-state index in [1.54, 1.807) is 18.2 Å². The predicted molar refractivity (Wildman–Crippen MR) is 65.4 cm³/mol. The Labute approximate surface area is 104 Å². The molecule has 0 atom stereocenters. The lowest BCUT2D eigenvalue weighted by Crippen LogP contribution is -2.11. The molecule has 0 aliphatic carbocycles. The summed E-state index contributed by atoms with van der Waals surface area (Å²) in [6, 6.07) is 6.33. The van der Waals surface area contributed by atoms with Gasteiger partial charge in [-0.25, -0.2) is 9.07 Å². The van der Waals surface area contributed by atoms with Crippen molar-refractivity contribution in [1.82, 2.24) is 15.0 Å². The Bertz CT molecular complexity index is 524. The highest BCUT2D eigenvalue weighted by atomic mass is 19.1. The third-order valence-corrected chi connectivity index (χ3v) is 2.08. The molecule has 0 spiro atoms. The first-order chi connectivity index (χ1) is 8.66. The molecule has 0 fully saturated rings. The Morgan fingerprint density at radius 1 is 1.39 bits per heavy atom. The lowest BCUT2D eigenvalue weighted by atomic mass is 10.2. The van der Waals surface area contributed by atoms with E-state index >= 15 is 0 Å². The largest absolute Gasteiger partial charge is 0.364 e. The first-order valence-corrected chi connectivity index (χ1v) is 5.60. The van der Waals surface area contributed by atoms with Gasteiger partial charge < -0.3 is 5.73 Å². The molecular weight excluding hydrogens is 235 g/mol.